The number of amides is 1. The van der Waals surface area contributed by atoms with Crippen molar-refractivity contribution < 1.29 is 19.4 Å². The van der Waals surface area contributed by atoms with Gasteiger partial charge in [0.1, 0.15) is 5.60 Å². The fraction of sp³-hybridized carbons (Fsp3) is 0.667. The highest BCUT2D eigenvalue weighted by atomic mass is 16.6. The van der Waals surface area contributed by atoms with Crippen LogP contribution in [-0.4, -0.2) is 47.0 Å². The number of nitrogens with zero attached hydrogens (tertiary/aromatic N) is 1. The molecule has 1 N–H and O–H groups in total. The number of piperidine rings is 1. The number of rotatable bonds is 3. The van der Waals surface area contributed by atoms with Crippen LogP contribution in [0.5, 0.6) is 0 Å². The van der Waals surface area contributed by atoms with Gasteiger partial charge in [0.05, 0.1) is 30.9 Å². The molecule has 2 aliphatic heterocycles. The summed E-state index contributed by atoms with van der Waals surface area (Å²) >= 11 is 0. The molecule has 26 heavy (non-hydrogen) atoms. The summed E-state index contributed by atoms with van der Waals surface area (Å²) in [6.45, 7) is 8.65. The Morgan fingerprint density at radius 2 is 1.81 bits per heavy atom. The van der Waals surface area contributed by atoms with Crippen molar-refractivity contribution in [3.05, 3.63) is 35.4 Å². The molecule has 144 valence electrons. The highest BCUT2D eigenvalue weighted by Crippen LogP contribution is 2.41. The molecule has 2 bridgehead atoms. The lowest BCUT2D eigenvalue weighted by molar-refractivity contribution is -0.141. The Hall–Kier alpha value is -1.59. The summed E-state index contributed by atoms with van der Waals surface area (Å²) in [5.74, 6) is 0. The van der Waals surface area contributed by atoms with Crippen LogP contribution >= 0.6 is 0 Å². The summed E-state index contributed by atoms with van der Waals surface area (Å²) in [5.41, 5.74) is 0.755. The largest absolute Gasteiger partial charge is 0.444 e. The van der Waals surface area contributed by atoms with E-state index in [1.165, 1.54) is 5.56 Å². The third-order valence-corrected chi connectivity index (χ3v) is 5.19. The van der Waals surface area contributed by atoms with E-state index in [-0.39, 0.29) is 18.2 Å². The molecule has 0 spiro atoms. The van der Waals surface area contributed by atoms with Gasteiger partial charge in [-0.2, -0.15) is 0 Å². The summed E-state index contributed by atoms with van der Waals surface area (Å²) in [4.78, 5) is 14.4. The average molecular weight is 361 g/mol. The summed E-state index contributed by atoms with van der Waals surface area (Å²) in [7, 11) is 0. The van der Waals surface area contributed by atoms with Crippen LogP contribution in [0.2, 0.25) is 0 Å². The third kappa shape index (κ3) is 4.04. The molecule has 1 amide bonds. The molecule has 2 atom stereocenters. The molecule has 0 aromatic heterocycles. The lowest BCUT2D eigenvalue weighted by Gasteiger charge is -2.51. The van der Waals surface area contributed by atoms with Crippen LogP contribution in [0.1, 0.15) is 58.1 Å². The molecule has 2 fully saturated rings. The van der Waals surface area contributed by atoms with E-state index >= 15 is 0 Å². The molecule has 5 nitrogen and oxygen atoms in total. The SMILES string of the molecule is CCCc1ccc(C2(O)CC3COCC(C2)N3C(=O)OC(C)(C)C)cc1. The number of aryl methyl sites for hydroxylation is 1. The first-order chi connectivity index (χ1) is 12.2. The Morgan fingerprint density at radius 1 is 1.23 bits per heavy atom. The number of hydrogen-bond donors (Lipinski definition) is 1. The van der Waals surface area contributed by atoms with Gasteiger partial charge in [-0.25, -0.2) is 4.79 Å². The molecule has 1 aromatic carbocycles. The average Bonchev–Trinajstić information content (AvgIpc) is 2.53. The molecule has 5 heteroatoms. The minimum atomic E-state index is -0.928. The molecular formula is C21H31NO4. The monoisotopic (exact) mass is 361 g/mol. The number of morpholine rings is 1. The van der Waals surface area contributed by atoms with Gasteiger partial charge in [0, 0.05) is 12.8 Å². The summed E-state index contributed by atoms with van der Waals surface area (Å²) in [6, 6.07) is 7.93. The van der Waals surface area contributed by atoms with E-state index in [9.17, 15) is 9.90 Å². The fourth-order valence-corrected chi connectivity index (χ4v) is 4.10. The Kier molecular flexibility index (Phi) is 5.31. The van der Waals surface area contributed by atoms with Crippen LogP contribution in [-0.2, 0) is 21.5 Å². The summed E-state index contributed by atoms with van der Waals surface area (Å²) in [6.07, 6.45) is 2.78. The van der Waals surface area contributed by atoms with Gasteiger partial charge in [-0.15, -0.1) is 0 Å². The van der Waals surface area contributed by atoms with Crippen molar-refractivity contribution in [2.24, 2.45) is 0 Å². The van der Waals surface area contributed by atoms with E-state index in [1.54, 1.807) is 4.90 Å². The number of carbonyl (C=O) groups excluding carboxylic acids is 1. The van der Waals surface area contributed by atoms with E-state index in [0.29, 0.717) is 26.1 Å². The van der Waals surface area contributed by atoms with Crippen LogP contribution in [0.3, 0.4) is 0 Å². The highest BCUT2D eigenvalue weighted by molar-refractivity contribution is 5.69. The predicted molar refractivity (Wildman–Crippen MR) is 100 cm³/mol. The molecular weight excluding hydrogens is 330 g/mol. The topological polar surface area (TPSA) is 59.0 Å². The fourth-order valence-electron chi connectivity index (χ4n) is 4.10. The van der Waals surface area contributed by atoms with Crippen molar-refractivity contribution >= 4 is 6.09 Å². The first-order valence-electron chi connectivity index (χ1n) is 9.63. The van der Waals surface area contributed by atoms with Gasteiger partial charge >= 0.3 is 6.09 Å². The van der Waals surface area contributed by atoms with Crippen LogP contribution < -0.4 is 0 Å². The Morgan fingerprint density at radius 3 is 2.31 bits per heavy atom. The van der Waals surface area contributed by atoms with E-state index < -0.39 is 11.2 Å². The second-order valence-electron chi connectivity index (χ2n) is 8.62. The molecule has 2 unspecified atom stereocenters. The van der Waals surface area contributed by atoms with Crippen LogP contribution in [0.15, 0.2) is 24.3 Å². The van der Waals surface area contributed by atoms with Gasteiger partial charge in [0.2, 0.25) is 0 Å². The maximum atomic E-state index is 12.7. The number of ether oxygens (including phenoxy) is 2. The first-order valence-corrected chi connectivity index (χ1v) is 9.63. The number of fused-ring (bicyclic) bond motifs is 2. The minimum Gasteiger partial charge on any atom is -0.444 e. The van der Waals surface area contributed by atoms with Crippen LogP contribution in [0.25, 0.3) is 0 Å². The second-order valence-corrected chi connectivity index (χ2v) is 8.62. The quantitative estimate of drug-likeness (QED) is 0.893. The smallest absolute Gasteiger partial charge is 0.410 e. The maximum absolute atomic E-state index is 12.7. The predicted octanol–water partition coefficient (Wildman–Crippen LogP) is 3.63. The van der Waals surface area contributed by atoms with Gasteiger partial charge < -0.3 is 14.6 Å². The zero-order chi connectivity index (χ0) is 18.9. The Bertz CT molecular complexity index is 620. The lowest BCUT2D eigenvalue weighted by Crippen LogP contribution is -2.63. The lowest BCUT2D eigenvalue weighted by atomic mass is 9.77. The number of hydrogen-bond acceptors (Lipinski definition) is 4. The molecule has 2 saturated heterocycles. The zero-order valence-corrected chi connectivity index (χ0v) is 16.3. The number of benzene rings is 1. The number of aliphatic hydroxyl groups is 1. The first kappa shape index (κ1) is 19.2. The normalized spacial score (nSPS) is 28.7. The van der Waals surface area contributed by atoms with Crippen LogP contribution in [0, 0.1) is 0 Å². The highest BCUT2D eigenvalue weighted by Gasteiger charge is 2.49. The van der Waals surface area contributed by atoms with E-state index in [4.69, 9.17) is 9.47 Å². The van der Waals surface area contributed by atoms with E-state index in [1.807, 2.05) is 32.9 Å². The molecule has 2 aliphatic rings. The Balaban J connectivity index is 1.79. The van der Waals surface area contributed by atoms with Crippen molar-refractivity contribution in [1.29, 1.82) is 0 Å². The standard InChI is InChI=1S/C21H31NO4/c1-5-6-15-7-9-16(10-8-15)21(24)11-17-13-25-14-18(12-21)22(17)19(23)26-20(2,3)4/h7-10,17-18,24H,5-6,11-14H2,1-4H3. The van der Waals surface area contributed by atoms with Crippen molar-refractivity contribution in [1.82, 2.24) is 4.90 Å². The maximum Gasteiger partial charge on any atom is 0.410 e. The molecule has 2 heterocycles. The molecule has 1 aromatic rings. The van der Waals surface area contributed by atoms with Crippen molar-refractivity contribution in [2.75, 3.05) is 13.2 Å². The van der Waals surface area contributed by atoms with Gasteiger partial charge in [-0.3, -0.25) is 4.90 Å². The number of carbonyl (C=O) groups is 1. The van der Waals surface area contributed by atoms with E-state index in [0.717, 1.165) is 18.4 Å². The third-order valence-electron chi connectivity index (χ3n) is 5.19. The van der Waals surface area contributed by atoms with Crippen molar-refractivity contribution in [2.45, 2.75) is 76.7 Å². The molecule has 0 saturated carbocycles. The summed E-state index contributed by atoms with van der Waals surface area (Å²) < 4.78 is 11.2. The van der Waals surface area contributed by atoms with Gasteiger partial charge in [-0.05, 0) is 38.3 Å². The van der Waals surface area contributed by atoms with Crippen LogP contribution in [0.4, 0.5) is 4.79 Å². The van der Waals surface area contributed by atoms with Gasteiger partial charge in [0.25, 0.3) is 0 Å². The summed E-state index contributed by atoms with van der Waals surface area (Å²) in [5, 5.41) is 11.4. The van der Waals surface area contributed by atoms with Crippen molar-refractivity contribution in [3.63, 3.8) is 0 Å². The molecule has 0 radical (unpaired) electrons. The minimum absolute atomic E-state index is 0.169. The van der Waals surface area contributed by atoms with Gasteiger partial charge in [-0.1, -0.05) is 37.6 Å². The molecule has 3 rings (SSSR count). The zero-order valence-electron chi connectivity index (χ0n) is 16.3. The second kappa shape index (κ2) is 7.20. The van der Waals surface area contributed by atoms with Crippen molar-refractivity contribution in [3.8, 4) is 0 Å². The molecule has 0 aliphatic carbocycles. The Labute approximate surface area is 156 Å². The van der Waals surface area contributed by atoms with E-state index in [2.05, 4.69) is 19.1 Å². The van der Waals surface area contributed by atoms with Gasteiger partial charge in [0.15, 0.2) is 0 Å².